The molecule has 0 saturated carbocycles. The zero-order chi connectivity index (χ0) is 16.2. The number of aromatic nitrogens is 2. The summed E-state index contributed by atoms with van der Waals surface area (Å²) in [5.41, 5.74) is 1.98. The second-order valence-electron chi connectivity index (χ2n) is 6.00. The lowest BCUT2D eigenvalue weighted by molar-refractivity contribution is -0.121. The summed E-state index contributed by atoms with van der Waals surface area (Å²) in [6, 6.07) is 8.02. The molecule has 1 aliphatic rings. The van der Waals surface area contributed by atoms with Crippen LogP contribution < -0.4 is 10.2 Å². The summed E-state index contributed by atoms with van der Waals surface area (Å²) in [5.74, 6) is 0.0454. The highest BCUT2D eigenvalue weighted by atomic mass is 35.5. The van der Waals surface area contributed by atoms with E-state index in [2.05, 4.69) is 15.3 Å². The van der Waals surface area contributed by atoms with Crippen LogP contribution in [0.25, 0.3) is 0 Å². The molecule has 5 nitrogen and oxygen atoms in total. The number of benzene rings is 1. The molecule has 3 rings (SSSR count). The van der Waals surface area contributed by atoms with Gasteiger partial charge in [-0.2, -0.15) is 5.10 Å². The number of para-hydroxylation sites is 1. The minimum atomic E-state index is 0.0454. The van der Waals surface area contributed by atoms with Crippen LogP contribution in [0, 0.1) is 0 Å². The zero-order valence-corrected chi connectivity index (χ0v) is 14.0. The molecular formula is C17H21ClN4O. The van der Waals surface area contributed by atoms with E-state index in [1.54, 1.807) is 10.9 Å². The van der Waals surface area contributed by atoms with E-state index in [0.29, 0.717) is 6.42 Å². The van der Waals surface area contributed by atoms with Gasteiger partial charge in [-0.15, -0.1) is 0 Å². The van der Waals surface area contributed by atoms with E-state index >= 15 is 0 Å². The van der Waals surface area contributed by atoms with Gasteiger partial charge in [0.25, 0.3) is 0 Å². The molecule has 0 spiro atoms. The molecule has 1 N–H and O–H groups in total. The lowest BCUT2D eigenvalue weighted by atomic mass is 10.0. The molecule has 1 fully saturated rings. The van der Waals surface area contributed by atoms with Gasteiger partial charge in [0.1, 0.15) is 0 Å². The Hall–Kier alpha value is -2.01. The molecule has 23 heavy (non-hydrogen) atoms. The van der Waals surface area contributed by atoms with Crippen molar-refractivity contribution >= 4 is 23.2 Å². The van der Waals surface area contributed by atoms with E-state index in [1.165, 1.54) is 0 Å². The number of piperidine rings is 1. The lowest BCUT2D eigenvalue weighted by Gasteiger charge is -2.35. The normalized spacial score (nSPS) is 18.0. The smallest absolute Gasteiger partial charge is 0.224 e. The maximum atomic E-state index is 12.2. The van der Waals surface area contributed by atoms with Crippen LogP contribution in [0.3, 0.4) is 0 Å². The van der Waals surface area contributed by atoms with Crippen molar-refractivity contribution in [2.24, 2.45) is 7.05 Å². The highest BCUT2D eigenvalue weighted by molar-refractivity contribution is 6.33. The molecule has 122 valence electrons. The summed E-state index contributed by atoms with van der Waals surface area (Å²) >= 11 is 6.28. The number of nitrogens with one attached hydrogen (secondary N) is 1. The van der Waals surface area contributed by atoms with Gasteiger partial charge in [0.05, 0.1) is 23.3 Å². The zero-order valence-electron chi connectivity index (χ0n) is 13.2. The second-order valence-corrected chi connectivity index (χ2v) is 6.41. The Balaban J connectivity index is 1.58. The first-order valence-electron chi connectivity index (χ1n) is 7.88. The van der Waals surface area contributed by atoms with Crippen LogP contribution in [0.5, 0.6) is 0 Å². The highest BCUT2D eigenvalue weighted by Gasteiger charge is 2.22. The quantitative estimate of drug-likeness (QED) is 0.935. The third kappa shape index (κ3) is 4.05. The summed E-state index contributed by atoms with van der Waals surface area (Å²) in [6.45, 7) is 1.77. The maximum absolute atomic E-state index is 12.2. The van der Waals surface area contributed by atoms with Crippen molar-refractivity contribution in [2.45, 2.75) is 25.3 Å². The van der Waals surface area contributed by atoms with Gasteiger partial charge >= 0.3 is 0 Å². The van der Waals surface area contributed by atoms with Gasteiger partial charge < -0.3 is 10.2 Å². The third-order valence-corrected chi connectivity index (χ3v) is 4.42. The van der Waals surface area contributed by atoms with Crippen molar-refractivity contribution in [3.05, 3.63) is 47.2 Å². The van der Waals surface area contributed by atoms with Crippen LogP contribution in [0.4, 0.5) is 5.69 Å². The molecule has 0 aliphatic carbocycles. The predicted octanol–water partition coefficient (Wildman–Crippen LogP) is 2.40. The van der Waals surface area contributed by atoms with Crippen molar-refractivity contribution in [2.75, 3.05) is 18.0 Å². The minimum absolute atomic E-state index is 0.0454. The Labute approximate surface area is 141 Å². The first-order chi connectivity index (χ1) is 11.1. The molecule has 1 aliphatic heterocycles. The molecule has 1 amide bonds. The molecule has 6 heteroatoms. The first kappa shape index (κ1) is 15.9. The molecular weight excluding hydrogens is 312 g/mol. The average molecular weight is 333 g/mol. The van der Waals surface area contributed by atoms with Crippen LogP contribution >= 0.6 is 11.6 Å². The number of carbonyl (C=O) groups excluding carboxylic acids is 1. The van der Waals surface area contributed by atoms with E-state index in [-0.39, 0.29) is 11.9 Å². The number of anilines is 1. The highest BCUT2D eigenvalue weighted by Crippen LogP contribution is 2.27. The Morgan fingerprint density at radius 1 is 1.43 bits per heavy atom. The maximum Gasteiger partial charge on any atom is 0.224 e. The number of aryl methyl sites for hydroxylation is 1. The fourth-order valence-corrected chi connectivity index (χ4v) is 3.30. The summed E-state index contributed by atoms with van der Waals surface area (Å²) in [4.78, 5) is 14.5. The van der Waals surface area contributed by atoms with Gasteiger partial charge in [0.15, 0.2) is 0 Å². The van der Waals surface area contributed by atoms with Crippen LogP contribution in [0.15, 0.2) is 36.7 Å². The largest absolute Gasteiger partial charge is 0.368 e. The van der Waals surface area contributed by atoms with Gasteiger partial charge in [0, 0.05) is 32.4 Å². The number of halogens is 1. The number of hydrogen-bond acceptors (Lipinski definition) is 3. The molecule has 2 heterocycles. The van der Waals surface area contributed by atoms with Gasteiger partial charge in [-0.3, -0.25) is 9.48 Å². The van der Waals surface area contributed by atoms with E-state index in [4.69, 9.17) is 11.6 Å². The Kier molecular flexibility index (Phi) is 4.86. The number of rotatable bonds is 4. The Morgan fingerprint density at radius 3 is 3.00 bits per heavy atom. The number of hydrogen-bond donors (Lipinski definition) is 1. The lowest BCUT2D eigenvalue weighted by Crippen LogP contribution is -2.48. The molecule has 1 atom stereocenters. The van der Waals surface area contributed by atoms with Gasteiger partial charge in [0.2, 0.25) is 5.91 Å². The van der Waals surface area contributed by atoms with Gasteiger partial charge in [-0.25, -0.2) is 0 Å². The first-order valence-corrected chi connectivity index (χ1v) is 8.26. The monoisotopic (exact) mass is 332 g/mol. The van der Waals surface area contributed by atoms with E-state index < -0.39 is 0 Å². The third-order valence-electron chi connectivity index (χ3n) is 4.10. The van der Waals surface area contributed by atoms with Crippen molar-refractivity contribution in [1.82, 2.24) is 15.1 Å². The number of nitrogens with zero attached hydrogens (tertiary/aromatic N) is 3. The number of carbonyl (C=O) groups is 1. The van der Waals surface area contributed by atoms with Crippen LogP contribution in [0.2, 0.25) is 5.02 Å². The second kappa shape index (κ2) is 7.04. The van der Waals surface area contributed by atoms with Crippen molar-refractivity contribution in [3.63, 3.8) is 0 Å². The predicted molar refractivity (Wildman–Crippen MR) is 91.7 cm³/mol. The van der Waals surface area contributed by atoms with Crippen LogP contribution in [-0.2, 0) is 18.3 Å². The standard InChI is InChI=1S/C17H21ClN4O/c1-21-11-13(10-19-21)9-17(23)20-14-5-4-8-22(12-14)16-7-3-2-6-15(16)18/h2-3,6-7,10-11,14H,4-5,8-9,12H2,1H3,(H,20,23)/t14-/m0/s1. The Morgan fingerprint density at radius 2 is 2.26 bits per heavy atom. The SMILES string of the molecule is Cn1cc(CC(=O)N[C@H]2CCCN(c3ccccc3Cl)C2)cn1. The molecule has 1 aromatic carbocycles. The summed E-state index contributed by atoms with van der Waals surface area (Å²) < 4.78 is 1.71. The Bertz CT molecular complexity index is 685. The molecule has 0 bridgehead atoms. The van der Waals surface area contributed by atoms with E-state index in [1.807, 2.05) is 37.5 Å². The van der Waals surface area contributed by atoms with Crippen molar-refractivity contribution in [1.29, 1.82) is 0 Å². The van der Waals surface area contributed by atoms with E-state index in [9.17, 15) is 4.79 Å². The van der Waals surface area contributed by atoms with Gasteiger partial charge in [-0.05, 0) is 30.5 Å². The summed E-state index contributed by atoms with van der Waals surface area (Å²) in [6.07, 6.45) is 6.02. The molecule has 1 aromatic heterocycles. The fourth-order valence-electron chi connectivity index (χ4n) is 3.05. The van der Waals surface area contributed by atoms with Crippen molar-refractivity contribution in [3.8, 4) is 0 Å². The van der Waals surface area contributed by atoms with E-state index in [0.717, 1.165) is 42.2 Å². The van der Waals surface area contributed by atoms with Gasteiger partial charge in [-0.1, -0.05) is 23.7 Å². The summed E-state index contributed by atoms with van der Waals surface area (Å²) in [5, 5.41) is 7.99. The molecule has 0 radical (unpaired) electrons. The minimum Gasteiger partial charge on any atom is -0.368 e. The number of amides is 1. The van der Waals surface area contributed by atoms with Crippen molar-refractivity contribution < 1.29 is 4.79 Å². The topological polar surface area (TPSA) is 50.2 Å². The molecule has 0 unspecified atom stereocenters. The average Bonchev–Trinajstić information content (AvgIpc) is 2.93. The molecule has 1 saturated heterocycles. The molecule has 2 aromatic rings. The van der Waals surface area contributed by atoms with Crippen LogP contribution in [0.1, 0.15) is 18.4 Å². The fraction of sp³-hybridized carbons (Fsp3) is 0.412. The van der Waals surface area contributed by atoms with Crippen LogP contribution in [-0.4, -0.2) is 34.8 Å². The summed E-state index contributed by atoms with van der Waals surface area (Å²) in [7, 11) is 1.85.